The first-order valence-corrected chi connectivity index (χ1v) is 9.73. The summed E-state index contributed by atoms with van der Waals surface area (Å²) in [5, 5.41) is 4.33. The maximum Gasteiger partial charge on any atom is 0.274 e. The summed E-state index contributed by atoms with van der Waals surface area (Å²) in [5.41, 5.74) is 1.49. The number of carbonyl (C=O) groups is 1. The molecule has 0 aromatic carbocycles. The molecule has 2 aromatic rings. The molecule has 0 N–H and O–H groups in total. The monoisotopic (exact) mass is 372 g/mol. The maximum absolute atomic E-state index is 13.2. The molecule has 2 atom stereocenters. The number of piperidine rings is 1. The average Bonchev–Trinajstić information content (AvgIpc) is 3.30. The van der Waals surface area contributed by atoms with Gasteiger partial charge >= 0.3 is 0 Å². The Labute approximate surface area is 159 Å². The van der Waals surface area contributed by atoms with Crippen LogP contribution in [-0.4, -0.2) is 73.9 Å². The molecule has 27 heavy (non-hydrogen) atoms. The van der Waals surface area contributed by atoms with Crippen molar-refractivity contribution in [3.05, 3.63) is 36.2 Å². The number of hydrogen-bond donors (Lipinski definition) is 0. The van der Waals surface area contributed by atoms with Crippen molar-refractivity contribution >= 4 is 5.91 Å². The van der Waals surface area contributed by atoms with E-state index in [1.165, 1.54) is 19.3 Å². The van der Waals surface area contributed by atoms with Gasteiger partial charge in [0.2, 0.25) is 0 Å². The predicted octanol–water partition coefficient (Wildman–Crippen LogP) is 1.22. The summed E-state index contributed by atoms with van der Waals surface area (Å²) in [4.78, 5) is 21.8. The zero-order valence-electron chi connectivity index (χ0n) is 16.1. The second-order valence-corrected chi connectivity index (χ2v) is 7.59. The molecular formula is C19H28N6O2. The van der Waals surface area contributed by atoms with E-state index in [0.29, 0.717) is 18.8 Å². The van der Waals surface area contributed by atoms with E-state index < -0.39 is 0 Å². The third-order valence-corrected chi connectivity index (χ3v) is 5.49. The van der Waals surface area contributed by atoms with Crippen molar-refractivity contribution in [3.8, 4) is 0 Å². The van der Waals surface area contributed by atoms with E-state index in [0.717, 1.165) is 25.2 Å². The highest BCUT2D eigenvalue weighted by molar-refractivity contribution is 5.92. The Morgan fingerprint density at radius 1 is 1.19 bits per heavy atom. The second kappa shape index (κ2) is 7.82. The molecule has 4 rings (SSSR count). The van der Waals surface area contributed by atoms with Crippen LogP contribution in [0.5, 0.6) is 0 Å². The summed E-state index contributed by atoms with van der Waals surface area (Å²) in [6.07, 6.45) is 11.0. The fourth-order valence-electron chi connectivity index (χ4n) is 4.17. The van der Waals surface area contributed by atoms with Gasteiger partial charge in [0.15, 0.2) is 0 Å². The lowest BCUT2D eigenvalue weighted by molar-refractivity contribution is -0.0743. The number of aryl methyl sites for hydroxylation is 2. The van der Waals surface area contributed by atoms with Crippen molar-refractivity contribution in [2.45, 2.75) is 31.4 Å². The summed E-state index contributed by atoms with van der Waals surface area (Å²) >= 11 is 0. The zero-order chi connectivity index (χ0) is 18.8. The van der Waals surface area contributed by atoms with Gasteiger partial charge in [0.1, 0.15) is 5.69 Å². The van der Waals surface area contributed by atoms with Crippen molar-refractivity contribution < 1.29 is 9.53 Å². The molecule has 2 aliphatic rings. The van der Waals surface area contributed by atoms with Crippen LogP contribution in [0.2, 0.25) is 0 Å². The van der Waals surface area contributed by atoms with Crippen LogP contribution in [0.3, 0.4) is 0 Å². The van der Waals surface area contributed by atoms with Gasteiger partial charge in [-0.05, 0) is 25.9 Å². The van der Waals surface area contributed by atoms with Gasteiger partial charge in [-0.1, -0.05) is 6.42 Å². The van der Waals surface area contributed by atoms with Gasteiger partial charge in [-0.25, -0.2) is 4.98 Å². The Morgan fingerprint density at radius 2 is 2.00 bits per heavy atom. The van der Waals surface area contributed by atoms with Gasteiger partial charge in [0, 0.05) is 45.1 Å². The fraction of sp³-hybridized carbons (Fsp3) is 0.632. The van der Waals surface area contributed by atoms with Crippen molar-refractivity contribution in [2.75, 3.05) is 32.8 Å². The minimum atomic E-state index is -0.149. The maximum atomic E-state index is 13.2. The van der Waals surface area contributed by atoms with Crippen LogP contribution in [0, 0.1) is 0 Å². The molecule has 4 heterocycles. The number of likely N-dealkylation sites (tertiary alicyclic amines) is 1. The van der Waals surface area contributed by atoms with E-state index in [2.05, 4.69) is 15.0 Å². The van der Waals surface area contributed by atoms with Crippen LogP contribution in [0.4, 0.5) is 0 Å². The van der Waals surface area contributed by atoms with Gasteiger partial charge < -0.3 is 19.1 Å². The van der Waals surface area contributed by atoms with E-state index in [4.69, 9.17) is 4.74 Å². The molecule has 0 saturated carbocycles. The first-order chi connectivity index (χ1) is 13.1. The summed E-state index contributed by atoms with van der Waals surface area (Å²) < 4.78 is 9.77. The van der Waals surface area contributed by atoms with Crippen molar-refractivity contribution in [2.24, 2.45) is 14.1 Å². The van der Waals surface area contributed by atoms with Gasteiger partial charge in [-0.3, -0.25) is 9.48 Å². The highest BCUT2D eigenvalue weighted by Crippen LogP contribution is 2.31. The number of nitrogens with zero attached hydrogens (tertiary/aromatic N) is 6. The molecule has 0 radical (unpaired) electrons. The van der Waals surface area contributed by atoms with Crippen LogP contribution >= 0.6 is 0 Å². The van der Waals surface area contributed by atoms with Crippen LogP contribution < -0.4 is 0 Å². The van der Waals surface area contributed by atoms with Crippen molar-refractivity contribution in [3.63, 3.8) is 0 Å². The number of amides is 1. The average molecular weight is 372 g/mol. The Bertz CT molecular complexity index is 779. The van der Waals surface area contributed by atoms with Gasteiger partial charge in [-0.2, -0.15) is 5.10 Å². The van der Waals surface area contributed by atoms with Crippen molar-refractivity contribution in [1.29, 1.82) is 0 Å². The number of aromatic nitrogens is 4. The van der Waals surface area contributed by atoms with E-state index in [1.807, 2.05) is 31.4 Å². The Morgan fingerprint density at radius 3 is 2.67 bits per heavy atom. The third kappa shape index (κ3) is 3.91. The SMILES string of the molecule is Cn1cnc(C(=O)N2CCOC(CN3CCCCC3)C2c2cnn(C)c2)c1. The highest BCUT2D eigenvalue weighted by atomic mass is 16.5. The van der Waals surface area contributed by atoms with Crippen LogP contribution in [-0.2, 0) is 18.8 Å². The number of rotatable bonds is 4. The second-order valence-electron chi connectivity index (χ2n) is 7.59. The van der Waals surface area contributed by atoms with E-state index in [-0.39, 0.29) is 18.1 Å². The lowest BCUT2D eigenvalue weighted by Gasteiger charge is -2.43. The zero-order valence-corrected chi connectivity index (χ0v) is 16.1. The number of morpholine rings is 1. The van der Waals surface area contributed by atoms with Crippen LogP contribution in [0.1, 0.15) is 41.4 Å². The molecule has 2 unspecified atom stereocenters. The van der Waals surface area contributed by atoms with E-state index in [1.54, 1.807) is 21.8 Å². The summed E-state index contributed by atoms with van der Waals surface area (Å²) in [6.45, 7) is 4.16. The lowest BCUT2D eigenvalue weighted by atomic mass is 9.99. The molecule has 2 aliphatic heterocycles. The number of hydrogen-bond acceptors (Lipinski definition) is 5. The van der Waals surface area contributed by atoms with Crippen LogP contribution in [0.25, 0.3) is 0 Å². The predicted molar refractivity (Wildman–Crippen MR) is 100 cm³/mol. The normalized spacial score (nSPS) is 24.3. The molecule has 8 nitrogen and oxygen atoms in total. The van der Waals surface area contributed by atoms with Gasteiger partial charge in [-0.15, -0.1) is 0 Å². The highest BCUT2D eigenvalue weighted by Gasteiger charge is 2.39. The van der Waals surface area contributed by atoms with Crippen LogP contribution in [0.15, 0.2) is 24.9 Å². The summed E-state index contributed by atoms with van der Waals surface area (Å²) in [5.74, 6) is -0.0450. The first kappa shape index (κ1) is 18.2. The Hall–Kier alpha value is -2.19. The van der Waals surface area contributed by atoms with Gasteiger partial charge in [0.05, 0.1) is 31.3 Å². The number of imidazole rings is 1. The lowest BCUT2D eigenvalue weighted by Crippen LogP contribution is -2.52. The molecule has 2 fully saturated rings. The topological polar surface area (TPSA) is 68.4 Å². The van der Waals surface area contributed by atoms with Crippen molar-refractivity contribution in [1.82, 2.24) is 29.1 Å². The number of carbonyl (C=O) groups excluding carboxylic acids is 1. The minimum absolute atomic E-state index is 0.0450. The first-order valence-electron chi connectivity index (χ1n) is 9.73. The summed E-state index contributed by atoms with van der Waals surface area (Å²) in [6, 6.07) is -0.149. The Kier molecular flexibility index (Phi) is 5.27. The fourth-order valence-corrected chi connectivity index (χ4v) is 4.17. The molecule has 8 heteroatoms. The molecule has 146 valence electrons. The molecule has 0 aliphatic carbocycles. The minimum Gasteiger partial charge on any atom is -0.373 e. The molecule has 1 amide bonds. The third-order valence-electron chi connectivity index (χ3n) is 5.49. The molecule has 0 bridgehead atoms. The molecule has 0 spiro atoms. The molecular weight excluding hydrogens is 344 g/mol. The van der Waals surface area contributed by atoms with E-state index in [9.17, 15) is 4.79 Å². The molecule has 2 aromatic heterocycles. The number of ether oxygens (including phenoxy) is 1. The van der Waals surface area contributed by atoms with Gasteiger partial charge in [0.25, 0.3) is 5.91 Å². The van der Waals surface area contributed by atoms with E-state index >= 15 is 0 Å². The Balaban J connectivity index is 1.61. The molecule has 2 saturated heterocycles. The largest absolute Gasteiger partial charge is 0.373 e. The quantitative estimate of drug-likeness (QED) is 0.807. The standard InChI is InChI=1S/C19H28N6O2/c1-22-12-16(20-14-22)19(26)25-8-9-27-17(13-24-6-4-3-5-7-24)18(25)15-10-21-23(2)11-15/h10-12,14,17-18H,3-9,13H2,1-2H3. The summed E-state index contributed by atoms with van der Waals surface area (Å²) in [7, 11) is 3.78. The smallest absolute Gasteiger partial charge is 0.274 e.